The Morgan fingerprint density at radius 1 is 1.18 bits per heavy atom. The number of rotatable bonds is 8. The van der Waals surface area contributed by atoms with Gasteiger partial charge in [0.1, 0.15) is 0 Å². The minimum Gasteiger partial charge on any atom is -0.284 e. The van der Waals surface area contributed by atoms with Gasteiger partial charge in [-0.1, -0.05) is 44.4 Å². The lowest BCUT2D eigenvalue weighted by Gasteiger charge is -2.32. The molecule has 0 saturated carbocycles. The van der Waals surface area contributed by atoms with Crippen LogP contribution in [0.2, 0.25) is 0 Å². The molecule has 2 heterocycles. The van der Waals surface area contributed by atoms with E-state index in [9.17, 15) is 4.79 Å². The fourth-order valence-electron chi connectivity index (χ4n) is 4.03. The smallest absolute Gasteiger partial charge is 0.284 e. The van der Waals surface area contributed by atoms with Crippen LogP contribution in [0.4, 0.5) is 5.88 Å². The van der Waals surface area contributed by atoms with Crippen LogP contribution in [-0.2, 0) is 6.42 Å². The van der Waals surface area contributed by atoms with Crippen molar-refractivity contribution in [1.82, 2.24) is 5.27 Å². The van der Waals surface area contributed by atoms with Gasteiger partial charge in [0.05, 0.1) is 16.9 Å². The summed E-state index contributed by atoms with van der Waals surface area (Å²) in [6.07, 6.45) is 8.99. The SMILES string of the molecule is CCCCCCc1c(NC(=O)c2ccccc2)on[n+]1N1C(C)CCCC1C. The molecule has 1 amide bonds. The Labute approximate surface area is 167 Å². The van der Waals surface area contributed by atoms with Crippen molar-refractivity contribution in [2.75, 3.05) is 10.3 Å². The molecule has 1 aliphatic rings. The van der Waals surface area contributed by atoms with E-state index in [2.05, 4.69) is 36.4 Å². The maximum atomic E-state index is 12.6. The molecule has 28 heavy (non-hydrogen) atoms. The molecular formula is C22H33N4O2+. The van der Waals surface area contributed by atoms with Gasteiger partial charge in [0.25, 0.3) is 5.91 Å². The maximum Gasteiger partial charge on any atom is 0.309 e. The number of aromatic nitrogens is 2. The van der Waals surface area contributed by atoms with Gasteiger partial charge in [-0.25, -0.2) is 0 Å². The third kappa shape index (κ3) is 4.72. The van der Waals surface area contributed by atoms with Crippen molar-refractivity contribution in [3.63, 3.8) is 0 Å². The summed E-state index contributed by atoms with van der Waals surface area (Å²) >= 11 is 0. The van der Waals surface area contributed by atoms with Crippen LogP contribution in [0.1, 0.15) is 81.8 Å². The van der Waals surface area contributed by atoms with Crippen LogP contribution in [0.15, 0.2) is 34.9 Å². The first kappa shape index (κ1) is 20.4. The number of carbonyl (C=O) groups is 1. The van der Waals surface area contributed by atoms with Gasteiger partial charge in [-0.05, 0) is 51.7 Å². The molecule has 1 aromatic heterocycles. The number of amides is 1. The summed E-state index contributed by atoms with van der Waals surface area (Å²) in [5.74, 6) is 0.300. The minimum absolute atomic E-state index is 0.168. The Morgan fingerprint density at radius 3 is 2.57 bits per heavy atom. The molecule has 3 rings (SSSR count). The highest BCUT2D eigenvalue weighted by molar-refractivity contribution is 6.03. The third-order valence-corrected chi connectivity index (χ3v) is 5.61. The van der Waals surface area contributed by atoms with E-state index in [0.717, 1.165) is 31.4 Å². The van der Waals surface area contributed by atoms with Gasteiger partial charge in [-0.3, -0.25) is 14.6 Å². The molecule has 152 valence electrons. The summed E-state index contributed by atoms with van der Waals surface area (Å²) in [5, 5.41) is 9.59. The molecule has 2 atom stereocenters. The number of nitrogens with one attached hydrogen (secondary N) is 1. The van der Waals surface area contributed by atoms with Crippen molar-refractivity contribution in [1.29, 1.82) is 0 Å². The Hall–Kier alpha value is -2.37. The number of benzene rings is 1. The minimum atomic E-state index is -0.168. The highest BCUT2D eigenvalue weighted by Crippen LogP contribution is 2.22. The van der Waals surface area contributed by atoms with Crippen molar-refractivity contribution in [2.24, 2.45) is 0 Å². The molecule has 2 unspecified atom stereocenters. The fourth-order valence-corrected chi connectivity index (χ4v) is 4.03. The summed E-state index contributed by atoms with van der Waals surface area (Å²) in [6, 6.07) is 10.0. The zero-order chi connectivity index (χ0) is 19.9. The average molecular weight is 386 g/mol. The average Bonchev–Trinajstić information content (AvgIpc) is 3.08. The standard InChI is InChI=1S/C22H32N4O2/c1-4-5-6-10-16-20-22(23-21(27)19-14-8-7-9-15-19)28-24-26(20)25-17(2)12-11-13-18(25)3/h7-9,14-15,17-18H,4-6,10-13,16H2,1-3H3/p+1. The summed E-state index contributed by atoms with van der Waals surface area (Å²) < 4.78 is 5.63. The Morgan fingerprint density at radius 2 is 1.89 bits per heavy atom. The summed E-state index contributed by atoms with van der Waals surface area (Å²) in [6.45, 7) is 6.68. The monoisotopic (exact) mass is 385 g/mol. The molecule has 1 aromatic carbocycles. The zero-order valence-corrected chi connectivity index (χ0v) is 17.4. The second-order valence-corrected chi connectivity index (χ2v) is 7.88. The first-order valence-electron chi connectivity index (χ1n) is 10.7. The predicted molar refractivity (Wildman–Crippen MR) is 110 cm³/mol. The predicted octanol–water partition coefficient (Wildman–Crippen LogP) is 4.24. The normalized spacial score (nSPS) is 19.6. The fraction of sp³-hybridized carbons (Fsp3) is 0.591. The van der Waals surface area contributed by atoms with Crippen LogP contribution in [0.25, 0.3) is 0 Å². The maximum absolute atomic E-state index is 12.6. The van der Waals surface area contributed by atoms with Gasteiger partial charge in [0.2, 0.25) is 5.27 Å². The van der Waals surface area contributed by atoms with Gasteiger partial charge in [-0.2, -0.15) is 0 Å². The van der Waals surface area contributed by atoms with E-state index in [1.165, 1.54) is 25.7 Å². The number of nitrogens with zero attached hydrogens (tertiary/aromatic N) is 3. The van der Waals surface area contributed by atoms with Crippen molar-refractivity contribution >= 4 is 11.8 Å². The molecule has 0 bridgehead atoms. The Balaban J connectivity index is 1.84. The Kier molecular flexibility index (Phi) is 7.06. The largest absolute Gasteiger partial charge is 0.309 e. The molecule has 1 N–H and O–H groups in total. The van der Waals surface area contributed by atoms with Crippen molar-refractivity contribution in [3.8, 4) is 0 Å². The van der Waals surface area contributed by atoms with Crippen LogP contribution < -0.4 is 15.1 Å². The summed E-state index contributed by atoms with van der Waals surface area (Å²) in [5.41, 5.74) is 1.57. The van der Waals surface area contributed by atoms with E-state index in [1.54, 1.807) is 12.1 Å². The van der Waals surface area contributed by atoms with Gasteiger partial charge >= 0.3 is 11.6 Å². The lowest BCUT2D eigenvalue weighted by molar-refractivity contribution is -0.771. The Bertz CT molecular complexity index is 749. The van der Waals surface area contributed by atoms with Crippen molar-refractivity contribution in [2.45, 2.75) is 84.2 Å². The van der Waals surface area contributed by atoms with E-state index < -0.39 is 0 Å². The van der Waals surface area contributed by atoms with E-state index in [0.29, 0.717) is 23.5 Å². The zero-order valence-electron chi connectivity index (χ0n) is 17.4. The number of hydrogen-bond donors (Lipinski definition) is 1. The van der Waals surface area contributed by atoms with Crippen molar-refractivity contribution in [3.05, 3.63) is 41.6 Å². The molecular weight excluding hydrogens is 352 g/mol. The lowest BCUT2D eigenvalue weighted by Crippen LogP contribution is -2.69. The molecule has 2 aromatic rings. The van der Waals surface area contributed by atoms with E-state index in [-0.39, 0.29) is 5.91 Å². The molecule has 1 fully saturated rings. The number of anilines is 1. The highest BCUT2D eigenvalue weighted by Gasteiger charge is 2.38. The number of hydrogen-bond acceptors (Lipinski definition) is 4. The van der Waals surface area contributed by atoms with E-state index in [4.69, 9.17) is 4.52 Å². The van der Waals surface area contributed by atoms with Crippen molar-refractivity contribution < 1.29 is 14.1 Å². The summed E-state index contributed by atoms with van der Waals surface area (Å²) in [4.78, 5) is 14.6. The van der Waals surface area contributed by atoms with Crippen LogP contribution in [0.3, 0.4) is 0 Å². The topological polar surface area (TPSA) is 62.3 Å². The van der Waals surface area contributed by atoms with Gasteiger partial charge in [0, 0.05) is 12.0 Å². The van der Waals surface area contributed by atoms with Crippen LogP contribution >= 0.6 is 0 Å². The second-order valence-electron chi connectivity index (χ2n) is 7.88. The second kappa shape index (κ2) is 9.71. The quantitative estimate of drug-likeness (QED) is 0.545. The van der Waals surface area contributed by atoms with E-state index in [1.807, 2.05) is 23.0 Å². The van der Waals surface area contributed by atoms with Gasteiger partial charge in [-0.15, -0.1) is 5.01 Å². The van der Waals surface area contributed by atoms with Crippen LogP contribution in [0, 0.1) is 0 Å². The van der Waals surface area contributed by atoms with E-state index >= 15 is 0 Å². The molecule has 0 aliphatic carbocycles. The number of piperidine rings is 1. The van der Waals surface area contributed by atoms with Gasteiger partial charge in [0.15, 0.2) is 0 Å². The van der Waals surface area contributed by atoms with Crippen LogP contribution in [-0.4, -0.2) is 23.3 Å². The molecule has 0 spiro atoms. The molecule has 1 saturated heterocycles. The molecule has 6 heteroatoms. The number of carbonyl (C=O) groups excluding carboxylic acids is 1. The molecule has 0 radical (unpaired) electrons. The lowest BCUT2D eigenvalue weighted by atomic mass is 10.00. The van der Waals surface area contributed by atoms with Crippen LogP contribution in [0.5, 0.6) is 0 Å². The third-order valence-electron chi connectivity index (χ3n) is 5.61. The number of unbranched alkanes of at least 4 members (excludes halogenated alkanes) is 3. The molecule has 1 aliphatic heterocycles. The summed E-state index contributed by atoms with van der Waals surface area (Å²) in [7, 11) is 0. The molecule has 6 nitrogen and oxygen atoms in total. The first-order chi connectivity index (χ1) is 13.6. The highest BCUT2D eigenvalue weighted by atomic mass is 16.5. The first-order valence-corrected chi connectivity index (χ1v) is 10.7. The van der Waals surface area contributed by atoms with Gasteiger partial charge < -0.3 is 0 Å².